The normalized spacial score (nSPS) is 10.8. The number of ether oxygens (including phenoxy) is 3. The van der Waals surface area contributed by atoms with E-state index < -0.39 is 12.6 Å². The Labute approximate surface area is 239 Å². The highest BCUT2D eigenvalue weighted by Gasteiger charge is 2.18. The van der Waals surface area contributed by atoms with Gasteiger partial charge in [0.25, 0.3) is 0 Å². The molecule has 0 saturated heterocycles. The second-order valence-electron chi connectivity index (χ2n) is 9.50. The second-order valence-corrected chi connectivity index (χ2v) is 9.50. The zero-order valence-corrected chi connectivity index (χ0v) is 23.0. The van der Waals surface area contributed by atoms with E-state index in [1.807, 2.05) is 61.5 Å². The summed E-state index contributed by atoms with van der Waals surface area (Å²) < 4.78 is 23.3. The van der Waals surface area contributed by atoms with Crippen molar-refractivity contribution in [3.05, 3.63) is 109 Å². The third-order valence-corrected chi connectivity index (χ3v) is 6.39. The van der Waals surface area contributed by atoms with Crippen LogP contribution in [0, 0.1) is 6.92 Å². The van der Waals surface area contributed by atoms with Gasteiger partial charge < -0.3 is 23.7 Å². The molecule has 0 amide bonds. The van der Waals surface area contributed by atoms with Gasteiger partial charge in [0.15, 0.2) is 19.0 Å². The number of aromatic nitrogens is 1. The zero-order valence-electron chi connectivity index (χ0n) is 23.0. The van der Waals surface area contributed by atoms with E-state index in [2.05, 4.69) is 31.2 Å². The van der Waals surface area contributed by atoms with Crippen LogP contribution in [0.2, 0.25) is 0 Å². The van der Waals surface area contributed by atoms with Crippen molar-refractivity contribution < 1.29 is 28.5 Å². The van der Waals surface area contributed by atoms with E-state index >= 15 is 0 Å². The maximum Gasteiger partial charge on any atom is 0.341 e. The van der Waals surface area contributed by atoms with Gasteiger partial charge in [-0.2, -0.15) is 0 Å². The molecular formula is C34H31NO6. The van der Waals surface area contributed by atoms with Crippen molar-refractivity contribution in [2.75, 3.05) is 13.2 Å². The van der Waals surface area contributed by atoms with Gasteiger partial charge in [0, 0.05) is 11.1 Å². The summed E-state index contributed by atoms with van der Waals surface area (Å²) in [5, 5.41) is 8.86. The molecule has 7 heteroatoms. The van der Waals surface area contributed by atoms with Crippen LogP contribution >= 0.6 is 0 Å². The fourth-order valence-electron chi connectivity index (χ4n) is 4.35. The molecule has 0 aliphatic carbocycles. The van der Waals surface area contributed by atoms with E-state index in [-0.39, 0.29) is 6.61 Å². The first-order valence-corrected chi connectivity index (χ1v) is 13.5. The minimum atomic E-state index is -1.03. The molecule has 1 aromatic heterocycles. The van der Waals surface area contributed by atoms with E-state index in [1.165, 1.54) is 0 Å². The summed E-state index contributed by atoms with van der Waals surface area (Å²) in [7, 11) is 0. The van der Waals surface area contributed by atoms with Crippen molar-refractivity contribution in [1.82, 2.24) is 4.98 Å². The van der Waals surface area contributed by atoms with Gasteiger partial charge in [-0.15, -0.1) is 0 Å². The lowest BCUT2D eigenvalue weighted by atomic mass is 10.0. The lowest BCUT2D eigenvalue weighted by Crippen LogP contribution is -2.10. The SMILES string of the molecule is CCCOc1ccc(-c2nc(COc3ccc(OCC(=O)O)c(C)c3)oc2-c2ccc(-c3ccccc3)cc2)cc1. The van der Waals surface area contributed by atoms with Crippen molar-refractivity contribution >= 4 is 5.97 Å². The topological polar surface area (TPSA) is 91.0 Å². The van der Waals surface area contributed by atoms with Gasteiger partial charge in [0.05, 0.1) is 6.61 Å². The first-order valence-electron chi connectivity index (χ1n) is 13.5. The Morgan fingerprint density at radius 1 is 0.780 bits per heavy atom. The first-order chi connectivity index (χ1) is 20.0. The number of carboxylic acid groups (broad SMARTS) is 1. The van der Waals surface area contributed by atoms with E-state index in [0.29, 0.717) is 35.5 Å². The molecule has 0 spiro atoms. The molecule has 5 aromatic rings. The van der Waals surface area contributed by atoms with Crippen molar-refractivity contribution in [3.63, 3.8) is 0 Å². The molecule has 0 aliphatic rings. The van der Waals surface area contributed by atoms with Gasteiger partial charge in [-0.3, -0.25) is 0 Å². The molecule has 41 heavy (non-hydrogen) atoms. The van der Waals surface area contributed by atoms with Crippen LogP contribution in [0.25, 0.3) is 33.7 Å². The minimum Gasteiger partial charge on any atom is -0.494 e. The molecule has 0 bridgehead atoms. The molecule has 0 atom stereocenters. The predicted molar refractivity (Wildman–Crippen MR) is 157 cm³/mol. The Kier molecular flexibility index (Phi) is 8.64. The number of rotatable bonds is 12. The van der Waals surface area contributed by atoms with Gasteiger partial charge in [0.2, 0.25) is 5.89 Å². The van der Waals surface area contributed by atoms with Crippen molar-refractivity contribution in [2.45, 2.75) is 26.9 Å². The Morgan fingerprint density at radius 3 is 2.12 bits per heavy atom. The smallest absolute Gasteiger partial charge is 0.341 e. The maximum atomic E-state index is 10.8. The third-order valence-electron chi connectivity index (χ3n) is 6.39. The number of benzene rings is 4. The molecule has 0 aliphatic heterocycles. The summed E-state index contributed by atoms with van der Waals surface area (Å²) in [4.78, 5) is 15.6. The number of aryl methyl sites for hydroxylation is 1. The molecule has 1 N–H and O–H groups in total. The van der Waals surface area contributed by atoms with Gasteiger partial charge in [-0.25, -0.2) is 9.78 Å². The van der Waals surface area contributed by atoms with E-state index in [1.54, 1.807) is 18.2 Å². The Balaban J connectivity index is 1.40. The number of nitrogens with zero attached hydrogens (tertiary/aromatic N) is 1. The maximum absolute atomic E-state index is 10.8. The van der Waals surface area contributed by atoms with Crippen molar-refractivity contribution in [2.24, 2.45) is 0 Å². The van der Waals surface area contributed by atoms with E-state index in [4.69, 9.17) is 28.7 Å². The molecule has 7 nitrogen and oxygen atoms in total. The number of aliphatic carboxylic acids is 1. The molecule has 0 radical (unpaired) electrons. The van der Waals surface area contributed by atoms with Crippen LogP contribution in [0.5, 0.6) is 17.2 Å². The summed E-state index contributed by atoms with van der Waals surface area (Å²) in [6.45, 7) is 4.28. The second kappa shape index (κ2) is 12.9. The highest BCUT2D eigenvalue weighted by molar-refractivity contribution is 5.78. The predicted octanol–water partition coefficient (Wildman–Crippen LogP) is 7.82. The van der Waals surface area contributed by atoms with Gasteiger partial charge in [-0.1, -0.05) is 61.5 Å². The number of carboxylic acids is 1. The van der Waals surface area contributed by atoms with Crippen LogP contribution < -0.4 is 14.2 Å². The van der Waals surface area contributed by atoms with Gasteiger partial charge >= 0.3 is 5.97 Å². The summed E-state index contributed by atoms with van der Waals surface area (Å²) >= 11 is 0. The molecule has 4 aromatic carbocycles. The van der Waals surface area contributed by atoms with Crippen LogP contribution in [-0.4, -0.2) is 29.3 Å². The molecule has 1 heterocycles. The number of oxazole rings is 1. The number of carbonyl (C=O) groups is 1. The van der Waals surface area contributed by atoms with Crippen LogP contribution in [0.15, 0.2) is 101 Å². The van der Waals surface area contributed by atoms with Crippen LogP contribution in [0.1, 0.15) is 24.8 Å². The monoisotopic (exact) mass is 549 g/mol. The molecule has 0 saturated carbocycles. The summed E-state index contributed by atoms with van der Waals surface area (Å²) in [6.07, 6.45) is 0.940. The van der Waals surface area contributed by atoms with Crippen LogP contribution in [0.4, 0.5) is 0 Å². The number of hydrogen-bond donors (Lipinski definition) is 1. The number of hydrogen-bond acceptors (Lipinski definition) is 6. The molecule has 0 unspecified atom stereocenters. The lowest BCUT2D eigenvalue weighted by Gasteiger charge is -2.09. The molecule has 5 rings (SSSR count). The molecule has 0 fully saturated rings. The van der Waals surface area contributed by atoms with Gasteiger partial charge in [-0.05, 0) is 72.5 Å². The Hall–Kier alpha value is -5.04. The first kappa shape index (κ1) is 27.5. The fourth-order valence-corrected chi connectivity index (χ4v) is 4.35. The van der Waals surface area contributed by atoms with Crippen molar-refractivity contribution in [3.8, 4) is 51.0 Å². The summed E-state index contributed by atoms with van der Waals surface area (Å²) in [5.74, 6) is 1.94. The summed E-state index contributed by atoms with van der Waals surface area (Å²) in [5.41, 5.74) is 5.54. The van der Waals surface area contributed by atoms with Gasteiger partial charge in [0.1, 0.15) is 22.9 Å². The van der Waals surface area contributed by atoms with Crippen LogP contribution in [0.3, 0.4) is 0 Å². The minimum absolute atomic E-state index is 0.113. The van der Waals surface area contributed by atoms with E-state index in [0.717, 1.165) is 40.0 Å². The lowest BCUT2D eigenvalue weighted by molar-refractivity contribution is -0.139. The molecule has 208 valence electrons. The largest absolute Gasteiger partial charge is 0.494 e. The van der Waals surface area contributed by atoms with Crippen molar-refractivity contribution in [1.29, 1.82) is 0 Å². The average Bonchev–Trinajstić information content (AvgIpc) is 3.43. The quantitative estimate of drug-likeness (QED) is 0.170. The highest BCUT2D eigenvalue weighted by Crippen LogP contribution is 2.35. The highest BCUT2D eigenvalue weighted by atomic mass is 16.5. The Morgan fingerprint density at radius 2 is 1.44 bits per heavy atom. The fraction of sp³-hybridized carbons (Fsp3) is 0.176. The Bertz CT molecular complexity index is 1590. The average molecular weight is 550 g/mol. The van der Waals surface area contributed by atoms with E-state index in [9.17, 15) is 4.79 Å². The zero-order chi connectivity index (χ0) is 28.6. The molecular weight excluding hydrogens is 518 g/mol. The van der Waals surface area contributed by atoms with Crippen LogP contribution in [-0.2, 0) is 11.4 Å². The standard InChI is InChI=1S/C34H31NO6/c1-3-19-38-28-15-13-26(14-16-28)33-34(27-11-9-25(10-12-27)24-7-5-4-6-8-24)41-31(35-33)21-39-29-17-18-30(23(2)20-29)40-22-32(36)37/h4-18,20H,3,19,21-22H2,1-2H3,(H,36,37). The third kappa shape index (κ3) is 6.94. The summed E-state index contributed by atoms with van der Waals surface area (Å²) in [6, 6.07) is 31.5.